The number of pyridine rings is 3. The highest BCUT2D eigenvalue weighted by molar-refractivity contribution is 6.07. The SMILES string of the molecule is C.C.CC(=O)NC1=CCC(c2ccc(CN3CCOCC3)nc2)c2ccccc21.CC(=O)Nc1ccc(-c2ccc(CN3CCOCC3)nc2)c2ccccc12.Nc1ccc(-c2ccc(CN3CCOCC3)nc2)c2ccccc12.[2H][2H]. The monoisotopic (exact) mass is 1080 g/mol. The van der Waals surface area contributed by atoms with Gasteiger partial charge in [0.2, 0.25) is 11.8 Å². The number of aromatic nitrogens is 3. The average molecular weight is 1080 g/mol. The molecule has 1 unspecified atom stereocenters. The van der Waals surface area contributed by atoms with E-state index >= 15 is 0 Å². The van der Waals surface area contributed by atoms with E-state index in [1.54, 1.807) is 6.92 Å². The Bertz CT molecular complexity index is 3350. The van der Waals surface area contributed by atoms with Gasteiger partial charge in [-0.15, -0.1) is 0 Å². The molecule has 4 aliphatic rings. The zero-order chi connectivity index (χ0) is 55.6. The lowest BCUT2D eigenvalue weighted by Gasteiger charge is -2.27. The van der Waals surface area contributed by atoms with Crippen molar-refractivity contribution in [2.45, 2.75) is 60.7 Å². The van der Waals surface area contributed by atoms with Gasteiger partial charge in [0.15, 0.2) is 0 Å². The molecule has 2 amide bonds. The van der Waals surface area contributed by atoms with E-state index in [0.717, 1.165) is 178 Å². The molecule has 3 aromatic heterocycles. The number of nitrogens with zero attached hydrogens (tertiary/aromatic N) is 6. The summed E-state index contributed by atoms with van der Waals surface area (Å²) in [6.07, 6.45) is 8.89. The summed E-state index contributed by atoms with van der Waals surface area (Å²) in [4.78, 5) is 44.2. The second-order valence-electron chi connectivity index (χ2n) is 20.1. The molecular weight excluding hydrogens is 999 g/mol. The van der Waals surface area contributed by atoms with Gasteiger partial charge in [0.05, 0.1) is 56.7 Å². The van der Waals surface area contributed by atoms with Crippen LogP contribution in [0.1, 0.15) is 77.8 Å². The van der Waals surface area contributed by atoms with Crippen molar-refractivity contribution in [1.82, 2.24) is 35.0 Å². The Morgan fingerprint density at radius 2 is 0.975 bits per heavy atom. The van der Waals surface area contributed by atoms with Crippen molar-refractivity contribution < 1.29 is 26.8 Å². The minimum Gasteiger partial charge on any atom is -0.398 e. The van der Waals surface area contributed by atoms with Gasteiger partial charge in [0, 0.05) is 145 Å². The molecule has 3 saturated heterocycles. The van der Waals surface area contributed by atoms with E-state index in [2.05, 4.69) is 120 Å². The van der Waals surface area contributed by atoms with Crippen molar-refractivity contribution >= 4 is 50.4 Å². The van der Waals surface area contributed by atoms with E-state index in [0.29, 0.717) is 0 Å². The first-order valence-corrected chi connectivity index (χ1v) is 27.1. The Balaban J connectivity index is 0.000000173. The Morgan fingerprint density at radius 3 is 1.46 bits per heavy atom. The molecule has 418 valence electrons. The summed E-state index contributed by atoms with van der Waals surface area (Å²) in [5.41, 5.74) is 20.0. The molecule has 5 aromatic carbocycles. The number of carbonyl (C=O) groups is 2. The standard InChI is InChI=1S/C22H25N3O2.C22H23N3O2.C20H21N3O.2CH4.H2/c2*1-16(26)24-22-9-8-19(20-4-2-3-5-21(20)22)17-6-7-18(23-14-17)15-25-10-12-27-13-11-25;21-20-8-7-17(18-3-1-2-4-19(18)20)15-5-6-16(22-13-15)14-23-9-11-24-12-10-23;;;/h2-7,9,14,19H,8,10-13,15H2,1H3,(H,24,26);2-9,14H,10-13,15H2,1H3,(H,24,26);1-8,13H,9-12,14,21H2;2*1H4;1H/i;;;;;1+1D. The van der Waals surface area contributed by atoms with Gasteiger partial charge in [-0.3, -0.25) is 39.2 Å². The highest BCUT2D eigenvalue weighted by Crippen LogP contribution is 2.38. The third-order valence-corrected chi connectivity index (χ3v) is 14.7. The van der Waals surface area contributed by atoms with E-state index in [4.69, 9.17) is 27.9 Å². The minimum absolute atomic E-state index is 0. The molecule has 0 saturated carbocycles. The summed E-state index contributed by atoms with van der Waals surface area (Å²) < 4.78 is 26.2. The van der Waals surface area contributed by atoms with Crippen LogP contribution >= 0.6 is 0 Å². The van der Waals surface area contributed by atoms with Crippen LogP contribution in [0.25, 0.3) is 49.5 Å². The van der Waals surface area contributed by atoms with Gasteiger partial charge in [0.25, 0.3) is 0 Å². The first-order valence-electron chi connectivity index (χ1n) is 28.1. The van der Waals surface area contributed by atoms with Crippen molar-refractivity contribution in [2.24, 2.45) is 0 Å². The van der Waals surface area contributed by atoms with Crippen molar-refractivity contribution in [3.8, 4) is 22.3 Å². The predicted molar refractivity (Wildman–Crippen MR) is 326 cm³/mol. The first kappa shape index (κ1) is 57.0. The van der Waals surface area contributed by atoms with Gasteiger partial charge in [-0.1, -0.05) is 124 Å². The van der Waals surface area contributed by atoms with Gasteiger partial charge in [0.1, 0.15) is 0 Å². The molecular formula is C66H79N9O5. The second-order valence-corrected chi connectivity index (χ2v) is 20.1. The number of nitrogens with one attached hydrogen (secondary N) is 2. The normalized spacial score (nSPS) is 16.6. The third kappa shape index (κ3) is 14.9. The number of rotatable bonds is 11. The maximum atomic E-state index is 11.5. The summed E-state index contributed by atoms with van der Waals surface area (Å²) >= 11 is 0. The van der Waals surface area contributed by atoms with Crippen LogP contribution in [0.2, 0.25) is 0 Å². The zero-order valence-electron chi connectivity index (χ0n) is 46.7. The molecule has 0 spiro atoms. The van der Waals surface area contributed by atoms with Crippen LogP contribution in [-0.2, 0) is 43.4 Å². The van der Waals surface area contributed by atoms with E-state index in [1.165, 1.54) is 29.0 Å². The topological polar surface area (TPSA) is 160 Å². The van der Waals surface area contributed by atoms with Crippen LogP contribution in [0.5, 0.6) is 0 Å². The number of nitrogen functional groups attached to an aromatic ring is 1. The maximum Gasteiger partial charge on any atom is 0.221 e. The highest BCUT2D eigenvalue weighted by Gasteiger charge is 2.24. The number of nitrogens with two attached hydrogens (primary N) is 1. The average Bonchev–Trinajstić information content (AvgIpc) is 3.60. The molecule has 80 heavy (non-hydrogen) atoms. The van der Waals surface area contributed by atoms with Crippen molar-refractivity contribution in [3.05, 3.63) is 192 Å². The van der Waals surface area contributed by atoms with Crippen LogP contribution in [0, 0.1) is 0 Å². The minimum atomic E-state index is -0.0676. The summed E-state index contributed by atoms with van der Waals surface area (Å²) in [5.74, 6) is 0.161. The number of ether oxygens (including phenoxy) is 3. The molecule has 12 rings (SSSR count). The highest BCUT2D eigenvalue weighted by atomic mass is 16.5. The van der Waals surface area contributed by atoms with Crippen molar-refractivity contribution in [3.63, 3.8) is 0 Å². The predicted octanol–water partition coefficient (Wildman–Crippen LogP) is 11.5. The molecule has 1 atom stereocenters. The van der Waals surface area contributed by atoms with Gasteiger partial charge >= 0.3 is 0 Å². The van der Waals surface area contributed by atoms with Gasteiger partial charge < -0.3 is 30.6 Å². The largest absolute Gasteiger partial charge is 0.398 e. The summed E-state index contributed by atoms with van der Waals surface area (Å²) in [6.45, 7) is 16.3. The van der Waals surface area contributed by atoms with Crippen LogP contribution in [0.4, 0.5) is 11.4 Å². The molecule has 1 aliphatic carbocycles. The maximum absolute atomic E-state index is 11.5. The lowest BCUT2D eigenvalue weighted by Crippen LogP contribution is -2.35. The molecule has 0 bridgehead atoms. The molecule has 14 nitrogen and oxygen atoms in total. The number of benzene rings is 5. The third-order valence-electron chi connectivity index (χ3n) is 14.7. The number of fused-ring (bicyclic) bond motifs is 3. The summed E-state index contributed by atoms with van der Waals surface area (Å²) in [5, 5.41) is 10.3. The molecule has 3 aliphatic heterocycles. The molecule has 6 heterocycles. The second kappa shape index (κ2) is 28.5. The van der Waals surface area contributed by atoms with E-state index in [-0.39, 0.29) is 32.6 Å². The van der Waals surface area contributed by atoms with Crippen molar-refractivity contribution in [2.75, 3.05) is 90.0 Å². The number of allylic oxidation sites excluding steroid dienone is 1. The number of anilines is 2. The van der Waals surface area contributed by atoms with E-state index in [9.17, 15) is 9.59 Å². The Hall–Kier alpha value is -7.69. The first-order chi connectivity index (χ1) is 39.2. The smallest absolute Gasteiger partial charge is 0.221 e. The number of hydrogen-bond acceptors (Lipinski definition) is 12. The zero-order valence-corrected chi connectivity index (χ0v) is 44.7. The Labute approximate surface area is 475 Å². The Morgan fingerprint density at radius 1 is 0.525 bits per heavy atom. The molecule has 0 radical (unpaired) electrons. The lowest BCUT2D eigenvalue weighted by atomic mass is 9.81. The van der Waals surface area contributed by atoms with Gasteiger partial charge in [-0.25, -0.2) is 0 Å². The molecule has 8 aromatic rings. The number of amides is 2. The van der Waals surface area contributed by atoms with E-state index in [1.807, 2.05) is 73.2 Å². The number of morpholine rings is 3. The number of hydrogen-bond donors (Lipinski definition) is 3. The quantitative estimate of drug-likeness (QED) is 0.105. The van der Waals surface area contributed by atoms with E-state index < -0.39 is 0 Å². The summed E-state index contributed by atoms with van der Waals surface area (Å²) in [7, 11) is 0. The fourth-order valence-electron chi connectivity index (χ4n) is 10.6. The van der Waals surface area contributed by atoms with Crippen LogP contribution < -0.4 is 16.4 Å². The van der Waals surface area contributed by atoms with Crippen molar-refractivity contribution in [1.29, 1.82) is 0 Å². The fourth-order valence-corrected chi connectivity index (χ4v) is 10.6. The van der Waals surface area contributed by atoms with Crippen LogP contribution in [-0.4, -0.2) is 120 Å². The Kier molecular flexibility index (Phi) is 20.3. The number of carbonyl (C=O) groups excluding carboxylic acids is 2. The molecule has 14 heteroatoms. The summed E-state index contributed by atoms with van der Waals surface area (Å²) in [6, 6.07) is 45.6. The molecule has 3 fully saturated rings. The van der Waals surface area contributed by atoms with Crippen LogP contribution in [0.3, 0.4) is 0 Å². The van der Waals surface area contributed by atoms with Gasteiger partial charge in [-0.2, -0.15) is 0 Å². The lowest BCUT2D eigenvalue weighted by molar-refractivity contribution is -0.118. The fraction of sp³-hybridized carbons (Fsp3) is 0.318. The van der Waals surface area contributed by atoms with Crippen LogP contribution in [0.15, 0.2) is 158 Å². The van der Waals surface area contributed by atoms with Gasteiger partial charge in [-0.05, 0) is 69.8 Å². The molecule has 4 N–H and O–H groups in total.